The zero-order valence-electron chi connectivity index (χ0n) is 17.7. The highest BCUT2D eigenvalue weighted by Crippen LogP contribution is 2.43. The number of hydrogen-bond donors (Lipinski definition) is 0. The molecule has 0 N–H and O–H groups in total. The van der Waals surface area contributed by atoms with E-state index in [2.05, 4.69) is 62.1 Å². The minimum Gasteiger partial charge on any atom is -0.353 e. The zero-order chi connectivity index (χ0) is 20.8. The van der Waals surface area contributed by atoms with Crippen molar-refractivity contribution in [3.8, 4) is 11.1 Å². The second-order valence-electron chi connectivity index (χ2n) is 8.59. The predicted molar refractivity (Wildman–Crippen MR) is 126 cm³/mol. The Morgan fingerprint density at radius 3 is 2.55 bits per heavy atom. The second-order valence-corrected chi connectivity index (χ2v) is 9.45. The molecule has 1 aliphatic heterocycles. The molecular formula is C24H26N6S. The molecule has 2 aliphatic rings. The molecule has 0 unspecified atom stereocenters. The summed E-state index contributed by atoms with van der Waals surface area (Å²) in [6, 6.07) is 10.7. The van der Waals surface area contributed by atoms with Crippen LogP contribution in [0.15, 0.2) is 48.1 Å². The number of aromatic nitrogens is 4. The SMILES string of the molecule is Cn1ccnc1CN1CCN(c2nc(C3CC3)nc3scc(-c4ccccc4)c23)CC1. The van der Waals surface area contributed by atoms with Crippen molar-refractivity contribution >= 4 is 27.4 Å². The van der Waals surface area contributed by atoms with E-state index in [1.165, 1.54) is 29.4 Å². The molecule has 31 heavy (non-hydrogen) atoms. The van der Waals surface area contributed by atoms with Gasteiger partial charge in [0.1, 0.15) is 22.3 Å². The minimum atomic E-state index is 0.551. The van der Waals surface area contributed by atoms with Gasteiger partial charge in [0, 0.05) is 62.5 Å². The van der Waals surface area contributed by atoms with Crippen LogP contribution in [0.4, 0.5) is 5.82 Å². The Kier molecular flexibility index (Phi) is 4.73. The third-order valence-electron chi connectivity index (χ3n) is 6.42. The van der Waals surface area contributed by atoms with Crippen LogP contribution in [0.2, 0.25) is 0 Å². The monoisotopic (exact) mass is 430 g/mol. The number of anilines is 1. The molecule has 158 valence electrons. The molecule has 0 amide bonds. The van der Waals surface area contributed by atoms with Gasteiger partial charge in [-0.1, -0.05) is 30.3 Å². The minimum absolute atomic E-state index is 0.551. The lowest BCUT2D eigenvalue weighted by molar-refractivity contribution is 0.241. The van der Waals surface area contributed by atoms with Crippen molar-refractivity contribution in [1.82, 2.24) is 24.4 Å². The first-order valence-corrected chi connectivity index (χ1v) is 11.9. The van der Waals surface area contributed by atoms with Gasteiger partial charge in [-0.2, -0.15) is 0 Å². The van der Waals surface area contributed by atoms with Crippen LogP contribution in [0.3, 0.4) is 0 Å². The van der Waals surface area contributed by atoms with Gasteiger partial charge in [0.15, 0.2) is 0 Å². The van der Waals surface area contributed by atoms with Crippen LogP contribution in [0.1, 0.15) is 30.4 Å². The van der Waals surface area contributed by atoms with Gasteiger partial charge in [0.2, 0.25) is 0 Å². The van der Waals surface area contributed by atoms with Gasteiger partial charge in [0.05, 0.1) is 11.9 Å². The molecular weight excluding hydrogens is 404 g/mol. The summed E-state index contributed by atoms with van der Waals surface area (Å²) in [6.45, 7) is 4.89. The number of nitrogens with zero attached hydrogens (tertiary/aromatic N) is 6. The molecule has 6 nitrogen and oxygen atoms in total. The first-order valence-electron chi connectivity index (χ1n) is 11.0. The van der Waals surface area contributed by atoms with Crippen LogP contribution in [0, 0.1) is 0 Å². The van der Waals surface area contributed by atoms with Crippen LogP contribution in [-0.2, 0) is 13.6 Å². The molecule has 4 heterocycles. The fraction of sp³-hybridized carbons (Fsp3) is 0.375. The molecule has 6 rings (SSSR count). The number of fused-ring (bicyclic) bond motifs is 1. The van der Waals surface area contributed by atoms with Gasteiger partial charge in [0.25, 0.3) is 0 Å². The Bertz CT molecular complexity index is 1200. The van der Waals surface area contributed by atoms with Crippen molar-refractivity contribution in [2.45, 2.75) is 25.3 Å². The average Bonchev–Trinajstić information content (AvgIpc) is 3.46. The molecule has 0 bridgehead atoms. The third kappa shape index (κ3) is 3.62. The molecule has 1 aliphatic carbocycles. The van der Waals surface area contributed by atoms with Crippen molar-refractivity contribution < 1.29 is 0 Å². The summed E-state index contributed by atoms with van der Waals surface area (Å²) in [5.74, 6) is 3.84. The van der Waals surface area contributed by atoms with Crippen LogP contribution >= 0.6 is 11.3 Å². The van der Waals surface area contributed by atoms with E-state index < -0.39 is 0 Å². The van der Waals surface area contributed by atoms with Crippen molar-refractivity contribution in [3.63, 3.8) is 0 Å². The van der Waals surface area contributed by atoms with E-state index in [1.807, 2.05) is 12.4 Å². The number of thiophene rings is 1. The summed E-state index contributed by atoms with van der Waals surface area (Å²) >= 11 is 1.75. The van der Waals surface area contributed by atoms with Crippen LogP contribution in [0.5, 0.6) is 0 Å². The third-order valence-corrected chi connectivity index (χ3v) is 7.29. The Balaban J connectivity index is 1.32. The van der Waals surface area contributed by atoms with Crippen molar-refractivity contribution in [2.24, 2.45) is 7.05 Å². The highest BCUT2D eigenvalue weighted by atomic mass is 32.1. The standard InChI is InChI=1S/C24H26N6S/c1-28-10-9-25-20(28)15-29-11-13-30(14-12-29)23-21-19(17-5-3-2-4-6-17)16-31-24(21)27-22(26-23)18-7-8-18/h2-6,9-10,16,18H,7-8,11-15H2,1H3. The van der Waals surface area contributed by atoms with E-state index in [9.17, 15) is 0 Å². The van der Waals surface area contributed by atoms with Gasteiger partial charge in [-0.15, -0.1) is 11.3 Å². The molecule has 0 spiro atoms. The van der Waals surface area contributed by atoms with Crippen molar-refractivity contribution in [2.75, 3.05) is 31.1 Å². The predicted octanol–water partition coefficient (Wildman–Crippen LogP) is 4.29. The molecule has 4 aromatic rings. The van der Waals surface area contributed by atoms with E-state index in [0.717, 1.165) is 55.0 Å². The highest BCUT2D eigenvalue weighted by Gasteiger charge is 2.30. The lowest BCUT2D eigenvalue weighted by atomic mass is 10.1. The number of rotatable bonds is 5. The molecule has 0 radical (unpaired) electrons. The molecule has 7 heteroatoms. The van der Waals surface area contributed by atoms with Gasteiger partial charge < -0.3 is 9.47 Å². The lowest BCUT2D eigenvalue weighted by Gasteiger charge is -2.35. The smallest absolute Gasteiger partial charge is 0.141 e. The quantitative estimate of drug-likeness (QED) is 0.473. The maximum Gasteiger partial charge on any atom is 0.141 e. The number of benzene rings is 1. The molecule has 1 aromatic carbocycles. The molecule has 2 fully saturated rings. The summed E-state index contributed by atoms with van der Waals surface area (Å²) in [5, 5.41) is 3.48. The summed E-state index contributed by atoms with van der Waals surface area (Å²) in [6.07, 6.45) is 6.34. The summed E-state index contributed by atoms with van der Waals surface area (Å²) in [7, 11) is 2.07. The normalized spacial score (nSPS) is 17.5. The van der Waals surface area contributed by atoms with Crippen molar-refractivity contribution in [3.05, 3.63) is 59.8 Å². The molecule has 1 saturated heterocycles. The first kappa shape index (κ1) is 19.0. The largest absolute Gasteiger partial charge is 0.353 e. The first-order chi connectivity index (χ1) is 15.3. The molecule has 3 aromatic heterocycles. The Morgan fingerprint density at radius 2 is 1.84 bits per heavy atom. The van der Waals surface area contributed by atoms with Gasteiger partial charge in [-0.3, -0.25) is 4.90 Å². The second kappa shape index (κ2) is 7.73. The van der Waals surface area contributed by atoms with E-state index in [0.29, 0.717) is 5.92 Å². The maximum absolute atomic E-state index is 5.15. The van der Waals surface area contributed by atoms with Gasteiger partial charge in [-0.05, 0) is 18.4 Å². The van der Waals surface area contributed by atoms with Gasteiger partial charge >= 0.3 is 0 Å². The number of imidazole rings is 1. The van der Waals surface area contributed by atoms with Crippen LogP contribution < -0.4 is 4.90 Å². The Morgan fingerprint density at radius 1 is 1.03 bits per heavy atom. The highest BCUT2D eigenvalue weighted by molar-refractivity contribution is 7.17. The number of piperazine rings is 1. The number of aryl methyl sites for hydroxylation is 1. The van der Waals surface area contributed by atoms with Crippen molar-refractivity contribution in [1.29, 1.82) is 0 Å². The summed E-state index contributed by atoms with van der Waals surface area (Å²) < 4.78 is 2.11. The topological polar surface area (TPSA) is 50.1 Å². The fourth-order valence-corrected chi connectivity index (χ4v) is 5.34. The zero-order valence-corrected chi connectivity index (χ0v) is 18.6. The van der Waals surface area contributed by atoms with E-state index in [4.69, 9.17) is 9.97 Å². The maximum atomic E-state index is 5.15. The van der Waals surface area contributed by atoms with E-state index in [1.54, 1.807) is 11.3 Å². The summed E-state index contributed by atoms with van der Waals surface area (Å²) in [5.41, 5.74) is 2.50. The van der Waals surface area contributed by atoms with Crippen LogP contribution in [-0.4, -0.2) is 50.6 Å². The van der Waals surface area contributed by atoms with E-state index >= 15 is 0 Å². The number of hydrogen-bond acceptors (Lipinski definition) is 6. The molecule has 0 atom stereocenters. The molecule has 1 saturated carbocycles. The van der Waals surface area contributed by atoms with E-state index in [-0.39, 0.29) is 0 Å². The van der Waals surface area contributed by atoms with Gasteiger partial charge in [-0.25, -0.2) is 15.0 Å². The fourth-order valence-electron chi connectivity index (χ4n) is 4.39. The van der Waals surface area contributed by atoms with Crippen LogP contribution in [0.25, 0.3) is 21.3 Å². The Hall–Kier alpha value is -2.77. The summed E-state index contributed by atoms with van der Waals surface area (Å²) in [4.78, 5) is 20.7. The average molecular weight is 431 g/mol. The lowest BCUT2D eigenvalue weighted by Crippen LogP contribution is -2.46. The Labute approximate surface area is 186 Å².